The summed E-state index contributed by atoms with van der Waals surface area (Å²) in [5.41, 5.74) is -0.938. The molecule has 2 aromatic rings. The Bertz CT molecular complexity index is 559. The molecule has 15 heavy (non-hydrogen) atoms. The number of nitrogens with one attached hydrogen (secondary N) is 1. The number of nitrogens with zero attached hydrogens (tertiary/aromatic N) is 1. The second kappa shape index (κ2) is 3.30. The minimum Gasteiger partial charge on any atom is -0.267 e. The van der Waals surface area contributed by atoms with Crippen molar-refractivity contribution in [3.63, 3.8) is 0 Å². The Morgan fingerprint density at radius 1 is 1.13 bits per heavy atom. The molecule has 1 heterocycles. The molecule has 0 radical (unpaired) electrons. The predicted molar refractivity (Wildman–Crippen MR) is 51.9 cm³/mol. The lowest BCUT2D eigenvalue weighted by Crippen LogP contribution is -2.10. The van der Waals surface area contributed by atoms with E-state index in [-0.39, 0.29) is 10.0 Å². The van der Waals surface area contributed by atoms with Gasteiger partial charge in [0.15, 0.2) is 5.69 Å². The second-order valence-corrected chi connectivity index (χ2v) is 3.35. The molecule has 0 aliphatic carbocycles. The molecule has 0 fully saturated rings. The first kappa shape index (κ1) is 10.1. The summed E-state index contributed by atoms with van der Waals surface area (Å²) in [6.45, 7) is 0. The van der Waals surface area contributed by atoms with Gasteiger partial charge in [0.1, 0.15) is 4.64 Å². The van der Waals surface area contributed by atoms with Crippen LogP contribution >= 0.6 is 12.2 Å². The first-order valence-electron chi connectivity index (χ1n) is 4.05. The molecule has 0 atom stereocenters. The molecule has 2 nitrogen and oxygen atoms in total. The number of alkyl halides is 3. The van der Waals surface area contributed by atoms with E-state index < -0.39 is 11.9 Å². The highest BCUT2D eigenvalue weighted by Crippen LogP contribution is 2.32. The minimum atomic E-state index is -4.47. The number of aromatic nitrogens is 2. The van der Waals surface area contributed by atoms with Crippen LogP contribution in [0.2, 0.25) is 0 Å². The molecule has 0 unspecified atom stereocenters. The minimum absolute atomic E-state index is 0.0220. The van der Waals surface area contributed by atoms with Crippen LogP contribution in [0.3, 0.4) is 0 Å². The van der Waals surface area contributed by atoms with E-state index in [9.17, 15) is 13.2 Å². The summed E-state index contributed by atoms with van der Waals surface area (Å²) in [7, 11) is 0. The Kier molecular flexibility index (Phi) is 2.22. The molecule has 0 bridgehead atoms. The van der Waals surface area contributed by atoms with Gasteiger partial charge in [-0.1, -0.05) is 36.5 Å². The lowest BCUT2D eigenvalue weighted by atomic mass is 10.1. The van der Waals surface area contributed by atoms with Crippen LogP contribution in [0.1, 0.15) is 5.69 Å². The molecule has 0 saturated heterocycles. The third kappa shape index (κ3) is 1.72. The van der Waals surface area contributed by atoms with Gasteiger partial charge in [-0.2, -0.15) is 18.3 Å². The average Bonchev–Trinajstić information content (AvgIpc) is 2.17. The van der Waals surface area contributed by atoms with E-state index in [0.717, 1.165) is 0 Å². The number of hydrogen-bond donors (Lipinski definition) is 1. The van der Waals surface area contributed by atoms with E-state index in [1.165, 1.54) is 18.2 Å². The second-order valence-electron chi connectivity index (χ2n) is 2.94. The Balaban J connectivity index is 2.90. The molecular formula is C9H5F3N2S. The maximum absolute atomic E-state index is 12.5. The number of halogens is 3. The zero-order valence-electron chi connectivity index (χ0n) is 7.30. The van der Waals surface area contributed by atoms with E-state index in [0.29, 0.717) is 5.39 Å². The standard InChI is InChI=1S/C9H5F3N2S/c10-9(11,12)7-5-3-1-2-4-6(5)8(15)14-13-7/h1-4H,(H,14,15). The summed E-state index contributed by atoms with van der Waals surface area (Å²) >= 11 is 4.85. The highest BCUT2D eigenvalue weighted by molar-refractivity contribution is 7.71. The summed E-state index contributed by atoms with van der Waals surface area (Å²) in [5.74, 6) is 0. The van der Waals surface area contributed by atoms with Gasteiger partial charge in [0.2, 0.25) is 0 Å². The monoisotopic (exact) mass is 230 g/mol. The fraction of sp³-hybridized carbons (Fsp3) is 0.111. The van der Waals surface area contributed by atoms with E-state index in [1.807, 2.05) is 0 Å². The van der Waals surface area contributed by atoms with Crippen molar-refractivity contribution in [3.05, 3.63) is 34.6 Å². The van der Waals surface area contributed by atoms with Gasteiger partial charge in [-0.05, 0) is 0 Å². The Labute approximate surface area is 87.7 Å². The van der Waals surface area contributed by atoms with Crippen molar-refractivity contribution in [1.82, 2.24) is 10.2 Å². The summed E-state index contributed by atoms with van der Waals surface area (Å²) in [6, 6.07) is 6.04. The van der Waals surface area contributed by atoms with Gasteiger partial charge in [0, 0.05) is 10.8 Å². The summed E-state index contributed by atoms with van der Waals surface area (Å²) < 4.78 is 37.8. The van der Waals surface area contributed by atoms with Gasteiger partial charge in [0.25, 0.3) is 0 Å². The smallest absolute Gasteiger partial charge is 0.267 e. The highest BCUT2D eigenvalue weighted by atomic mass is 32.1. The molecule has 0 saturated carbocycles. The predicted octanol–water partition coefficient (Wildman–Crippen LogP) is 3.31. The summed E-state index contributed by atoms with van der Waals surface area (Å²) in [4.78, 5) is 0. The number of benzene rings is 1. The summed E-state index contributed by atoms with van der Waals surface area (Å²) in [5, 5.41) is 5.80. The van der Waals surface area contributed by atoms with E-state index >= 15 is 0 Å². The van der Waals surface area contributed by atoms with Gasteiger partial charge in [-0.3, -0.25) is 5.10 Å². The van der Waals surface area contributed by atoms with Crippen LogP contribution in [0, 0.1) is 4.64 Å². The average molecular weight is 230 g/mol. The largest absolute Gasteiger partial charge is 0.435 e. The molecule has 1 aromatic carbocycles. The van der Waals surface area contributed by atoms with Crippen LogP contribution in [0.5, 0.6) is 0 Å². The van der Waals surface area contributed by atoms with Crippen molar-refractivity contribution in [2.24, 2.45) is 0 Å². The van der Waals surface area contributed by atoms with Crippen LogP contribution in [-0.4, -0.2) is 10.2 Å². The van der Waals surface area contributed by atoms with Gasteiger partial charge in [0.05, 0.1) is 0 Å². The normalized spacial score (nSPS) is 11.9. The first-order valence-corrected chi connectivity index (χ1v) is 4.45. The van der Waals surface area contributed by atoms with E-state index in [4.69, 9.17) is 12.2 Å². The van der Waals surface area contributed by atoms with Crippen molar-refractivity contribution >= 4 is 23.0 Å². The van der Waals surface area contributed by atoms with Crippen LogP contribution in [0.15, 0.2) is 24.3 Å². The Morgan fingerprint density at radius 3 is 2.33 bits per heavy atom. The van der Waals surface area contributed by atoms with Crippen molar-refractivity contribution in [2.45, 2.75) is 6.18 Å². The first-order chi connectivity index (χ1) is 7.00. The number of H-pyrrole nitrogens is 1. The van der Waals surface area contributed by atoms with Gasteiger partial charge >= 0.3 is 6.18 Å². The molecule has 78 valence electrons. The molecule has 0 aliphatic heterocycles. The fourth-order valence-corrected chi connectivity index (χ4v) is 1.55. The third-order valence-electron chi connectivity index (χ3n) is 1.96. The number of rotatable bonds is 0. The van der Waals surface area contributed by atoms with Crippen LogP contribution in [0.4, 0.5) is 13.2 Å². The molecule has 1 N–H and O–H groups in total. The molecule has 0 amide bonds. The van der Waals surface area contributed by atoms with Gasteiger partial charge < -0.3 is 0 Å². The number of hydrogen-bond acceptors (Lipinski definition) is 2. The van der Waals surface area contributed by atoms with Gasteiger partial charge in [-0.25, -0.2) is 0 Å². The third-order valence-corrected chi connectivity index (χ3v) is 2.28. The Morgan fingerprint density at radius 2 is 1.73 bits per heavy atom. The van der Waals surface area contributed by atoms with Crippen molar-refractivity contribution in [2.75, 3.05) is 0 Å². The topological polar surface area (TPSA) is 28.7 Å². The van der Waals surface area contributed by atoms with Crippen molar-refractivity contribution in [3.8, 4) is 0 Å². The molecular weight excluding hydrogens is 225 g/mol. The SMILES string of the molecule is FC(F)(F)c1n[nH]c(=S)c2ccccc12. The quantitative estimate of drug-likeness (QED) is 0.703. The zero-order valence-corrected chi connectivity index (χ0v) is 8.12. The summed E-state index contributed by atoms with van der Waals surface area (Å²) in [6.07, 6.45) is -4.47. The molecule has 1 aromatic heterocycles. The molecule has 0 spiro atoms. The van der Waals surface area contributed by atoms with E-state index in [2.05, 4.69) is 10.2 Å². The van der Waals surface area contributed by atoms with Gasteiger partial charge in [-0.15, -0.1) is 0 Å². The zero-order chi connectivity index (χ0) is 11.1. The van der Waals surface area contributed by atoms with Crippen molar-refractivity contribution in [1.29, 1.82) is 0 Å². The van der Waals surface area contributed by atoms with Crippen LogP contribution in [-0.2, 0) is 6.18 Å². The molecule has 6 heteroatoms. The fourth-order valence-electron chi connectivity index (χ4n) is 1.33. The molecule has 2 rings (SSSR count). The van der Waals surface area contributed by atoms with E-state index in [1.54, 1.807) is 6.07 Å². The maximum atomic E-state index is 12.5. The number of fused-ring (bicyclic) bond motifs is 1. The Hall–Kier alpha value is -1.43. The number of aromatic amines is 1. The lowest BCUT2D eigenvalue weighted by Gasteiger charge is -2.08. The van der Waals surface area contributed by atoms with Crippen LogP contribution < -0.4 is 0 Å². The highest BCUT2D eigenvalue weighted by Gasteiger charge is 2.34. The lowest BCUT2D eigenvalue weighted by molar-refractivity contribution is -0.140. The van der Waals surface area contributed by atoms with Crippen molar-refractivity contribution < 1.29 is 13.2 Å². The molecule has 0 aliphatic rings. The maximum Gasteiger partial charge on any atom is 0.435 e. The van der Waals surface area contributed by atoms with Crippen LogP contribution in [0.25, 0.3) is 10.8 Å².